The molecule has 34 heavy (non-hydrogen) atoms. The second kappa shape index (κ2) is 9.29. The molecule has 5 nitrogen and oxygen atoms in total. The molecule has 2 amide bonds. The second-order valence-electron chi connectivity index (χ2n) is 9.08. The van der Waals surface area contributed by atoms with Crippen molar-refractivity contribution in [2.24, 2.45) is 5.92 Å². The summed E-state index contributed by atoms with van der Waals surface area (Å²) in [7, 11) is 0. The van der Waals surface area contributed by atoms with Gasteiger partial charge < -0.3 is 15.0 Å². The summed E-state index contributed by atoms with van der Waals surface area (Å²) in [6.07, 6.45) is 2.72. The third-order valence-electron chi connectivity index (χ3n) is 6.39. The SMILES string of the molecule is Cc1cccc(C2c3cc(OCC(=O)Nc4cccc(F)c4)ccc3CCN2C(=O)C2CC2)c1. The number of anilines is 1. The van der Waals surface area contributed by atoms with Crippen molar-refractivity contribution in [1.82, 2.24) is 4.90 Å². The summed E-state index contributed by atoms with van der Waals surface area (Å²) in [5.74, 6) is 0.134. The molecule has 0 spiro atoms. The Hall–Kier alpha value is -3.67. The van der Waals surface area contributed by atoms with E-state index in [1.54, 1.807) is 6.07 Å². The highest BCUT2D eigenvalue weighted by molar-refractivity contribution is 5.91. The van der Waals surface area contributed by atoms with Gasteiger partial charge in [-0.2, -0.15) is 0 Å². The standard InChI is InChI=1S/C28H27FN2O3/c1-18-4-2-5-21(14-18)27-25-16-24(34-17-26(32)30-23-7-3-6-22(29)15-23)11-10-19(25)12-13-31(27)28(33)20-8-9-20/h2-7,10-11,14-16,20,27H,8-9,12-13,17H2,1H3,(H,30,32). The van der Waals surface area contributed by atoms with Crippen LogP contribution in [0.25, 0.3) is 0 Å². The molecule has 6 heteroatoms. The zero-order valence-corrected chi connectivity index (χ0v) is 19.1. The quantitative estimate of drug-likeness (QED) is 0.563. The maximum Gasteiger partial charge on any atom is 0.262 e. The van der Waals surface area contributed by atoms with E-state index in [1.165, 1.54) is 23.8 Å². The Morgan fingerprint density at radius 1 is 1.06 bits per heavy atom. The van der Waals surface area contributed by atoms with Crippen molar-refractivity contribution in [2.45, 2.75) is 32.2 Å². The van der Waals surface area contributed by atoms with E-state index in [9.17, 15) is 14.0 Å². The number of rotatable bonds is 6. The van der Waals surface area contributed by atoms with Crippen molar-refractivity contribution in [3.63, 3.8) is 0 Å². The number of ether oxygens (including phenoxy) is 1. The van der Waals surface area contributed by atoms with Crippen molar-refractivity contribution in [1.29, 1.82) is 0 Å². The van der Waals surface area contributed by atoms with Crippen LogP contribution in [0.4, 0.5) is 10.1 Å². The summed E-state index contributed by atoms with van der Waals surface area (Å²) in [5, 5.41) is 2.64. The molecule has 0 aromatic heterocycles. The van der Waals surface area contributed by atoms with Gasteiger partial charge in [0, 0.05) is 18.2 Å². The first-order valence-electron chi connectivity index (χ1n) is 11.7. The number of halogens is 1. The second-order valence-corrected chi connectivity index (χ2v) is 9.08. The van der Waals surface area contributed by atoms with Crippen molar-refractivity contribution in [3.05, 3.63) is 94.8 Å². The van der Waals surface area contributed by atoms with E-state index in [2.05, 4.69) is 30.4 Å². The van der Waals surface area contributed by atoms with E-state index >= 15 is 0 Å². The Morgan fingerprint density at radius 2 is 1.88 bits per heavy atom. The smallest absolute Gasteiger partial charge is 0.262 e. The Kier molecular flexibility index (Phi) is 6.05. The number of hydrogen-bond donors (Lipinski definition) is 1. The summed E-state index contributed by atoms with van der Waals surface area (Å²) in [6.45, 7) is 2.54. The lowest BCUT2D eigenvalue weighted by Crippen LogP contribution is -2.41. The molecule has 3 aromatic rings. The van der Waals surface area contributed by atoms with Gasteiger partial charge in [-0.25, -0.2) is 4.39 Å². The van der Waals surface area contributed by atoms with Gasteiger partial charge in [0.2, 0.25) is 5.91 Å². The molecule has 1 N–H and O–H groups in total. The van der Waals surface area contributed by atoms with Gasteiger partial charge in [-0.3, -0.25) is 9.59 Å². The molecule has 5 rings (SSSR count). The van der Waals surface area contributed by atoms with Crippen LogP contribution in [0.15, 0.2) is 66.7 Å². The molecule has 0 saturated heterocycles. The highest BCUT2D eigenvalue weighted by atomic mass is 19.1. The van der Waals surface area contributed by atoms with Gasteiger partial charge in [0.1, 0.15) is 11.6 Å². The van der Waals surface area contributed by atoms with Crippen LogP contribution in [0, 0.1) is 18.7 Å². The number of nitrogens with zero attached hydrogens (tertiary/aromatic N) is 1. The molecule has 1 aliphatic heterocycles. The fraction of sp³-hybridized carbons (Fsp3) is 0.286. The Morgan fingerprint density at radius 3 is 2.65 bits per heavy atom. The minimum atomic E-state index is -0.416. The molecule has 0 radical (unpaired) electrons. The van der Waals surface area contributed by atoms with Crippen LogP contribution in [-0.2, 0) is 16.0 Å². The summed E-state index contributed by atoms with van der Waals surface area (Å²) in [4.78, 5) is 27.5. The van der Waals surface area contributed by atoms with Crippen LogP contribution in [0.3, 0.4) is 0 Å². The van der Waals surface area contributed by atoms with Crippen LogP contribution in [0.2, 0.25) is 0 Å². The molecule has 1 unspecified atom stereocenters. The third-order valence-corrected chi connectivity index (χ3v) is 6.39. The van der Waals surface area contributed by atoms with Crippen LogP contribution in [0.1, 0.15) is 41.1 Å². The van der Waals surface area contributed by atoms with Crippen molar-refractivity contribution in [2.75, 3.05) is 18.5 Å². The first-order valence-corrected chi connectivity index (χ1v) is 11.7. The predicted molar refractivity (Wildman–Crippen MR) is 128 cm³/mol. The number of hydrogen-bond acceptors (Lipinski definition) is 3. The van der Waals surface area contributed by atoms with Gasteiger partial charge in [-0.1, -0.05) is 42.0 Å². The zero-order chi connectivity index (χ0) is 23.7. The van der Waals surface area contributed by atoms with Gasteiger partial charge >= 0.3 is 0 Å². The summed E-state index contributed by atoms with van der Waals surface area (Å²) in [5.41, 5.74) is 4.82. The van der Waals surface area contributed by atoms with Gasteiger partial charge in [-0.05, 0) is 73.2 Å². The van der Waals surface area contributed by atoms with Crippen LogP contribution < -0.4 is 10.1 Å². The number of aryl methyl sites for hydroxylation is 1. The first kappa shape index (κ1) is 22.1. The molecule has 1 heterocycles. The van der Waals surface area contributed by atoms with Crippen LogP contribution >= 0.6 is 0 Å². The predicted octanol–water partition coefficient (Wildman–Crippen LogP) is 5.04. The van der Waals surface area contributed by atoms with Gasteiger partial charge in [0.05, 0.1) is 6.04 Å². The van der Waals surface area contributed by atoms with Crippen LogP contribution in [0.5, 0.6) is 5.75 Å². The molecule has 1 saturated carbocycles. The maximum atomic E-state index is 13.4. The number of fused-ring (bicyclic) bond motifs is 1. The minimum Gasteiger partial charge on any atom is -0.484 e. The Balaban J connectivity index is 1.38. The maximum absolute atomic E-state index is 13.4. The fourth-order valence-electron chi connectivity index (χ4n) is 4.60. The Bertz CT molecular complexity index is 1240. The van der Waals surface area contributed by atoms with E-state index in [-0.39, 0.29) is 30.4 Å². The highest BCUT2D eigenvalue weighted by Gasteiger charge is 2.39. The van der Waals surface area contributed by atoms with E-state index in [4.69, 9.17) is 4.74 Å². The van der Waals surface area contributed by atoms with E-state index in [0.29, 0.717) is 18.0 Å². The molecular weight excluding hydrogens is 431 g/mol. The topological polar surface area (TPSA) is 58.6 Å². The molecule has 174 valence electrons. The Labute approximate surface area is 198 Å². The number of amides is 2. The monoisotopic (exact) mass is 458 g/mol. The molecule has 1 fully saturated rings. The van der Waals surface area contributed by atoms with Gasteiger partial charge in [0.25, 0.3) is 5.91 Å². The molecular formula is C28H27FN2O3. The highest BCUT2D eigenvalue weighted by Crippen LogP contribution is 2.41. The largest absolute Gasteiger partial charge is 0.484 e. The van der Waals surface area contributed by atoms with E-state index in [1.807, 2.05) is 29.2 Å². The third kappa shape index (κ3) is 4.81. The number of carbonyl (C=O) groups is 2. The van der Waals surface area contributed by atoms with Gasteiger partial charge in [0.15, 0.2) is 6.61 Å². The lowest BCUT2D eigenvalue weighted by Gasteiger charge is -2.38. The van der Waals surface area contributed by atoms with Crippen LogP contribution in [-0.4, -0.2) is 29.9 Å². The fourth-order valence-corrected chi connectivity index (χ4v) is 4.60. The molecule has 0 bridgehead atoms. The van der Waals surface area contributed by atoms with Crippen molar-refractivity contribution < 1.29 is 18.7 Å². The van der Waals surface area contributed by atoms with Crippen molar-refractivity contribution >= 4 is 17.5 Å². The molecule has 1 aliphatic carbocycles. The average molecular weight is 459 g/mol. The molecule has 1 atom stereocenters. The normalized spacial score (nSPS) is 17.1. The average Bonchev–Trinajstić information content (AvgIpc) is 3.67. The summed E-state index contributed by atoms with van der Waals surface area (Å²) >= 11 is 0. The zero-order valence-electron chi connectivity index (χ0n) is 19.1. The lowest BCUT2D eigenvalue weighted by atomic mass is 9.87. The number of benzene rings is 3. The van der Waals surface area contributed by atoms with Gasteiger partial charge in [-0.15, -0.1) is 0 Å². The van der Waals surface area contributed by atoms with Crippen molar-refractivity contribution in [3.8, 4) is 5.75 Å². The number of nitrogens with one attached hydrogen (secondary N) is 1. The summed E-state index contributed by atoms with van der Waals surface area (Å²) < 4.78 is 19.2. The molecule has 2 aliphatic rings. The van der Waals surface area contributed by atoms with E-state index in [0.717, 1.165) is 36.0 Å². The number of carbonyl (C=O) groups excluding carboxylic acids is 2. The molecule has 3 aromatic carbocycles. The summed E-state index contributed by atoms with van der Waals surface area (Å²) in [6, 6.07) is 19.7. The minimum absolute atomic E-state index is 0.139. The lowest BCUT2D eigenvalue weighted by molar-refractivity contribution is -0.134. The van der Waals surface area contributed by atoms with E-state index < -0.39 is 5.82 Å². The first-order chi connectivity index (χ1) is 16.5.